The summed E-state index contributed by atoms with van der Waals surface area (Å²) in [5.74, 6) is 2.02. The van der Waals surface area contributed by atoms with E-state index in [2.05, 4.69) is 18.2 Å². The largest absolute Gasteiger partial charge is 0.241 e. The second kappa shape index (κ2) is 4.99. The van der Waals surface area contributed by atoms with Crippen LogP contribution in [0.1, 0.15) is 26.7 Å². The standard InChI is InChI=1S/C7H18O2S/c1-4-6-10(3,9-8)7-5-2/h8H,4-7H2,1-3H3. The van der Waals surface area contributed by atoms with Gasteiger partial charge in [-0.05, 0) is 19.1 Å². The van der Waals surface area contributed by atoms with Crippen molar-refractivity contribution in [2.24, 2.45) is 0 Å². The highest BCUT2D eigenvalue weighted by Gasteiger charge is 2.15. The van der Waals surface area contributed by atoms with Gasteiger partial charge in [0.15, 0.2) is 0 Å². The first kappa shape index (κ1) is 10.3. The number of hydrogen-bond acceptors (Lipinski definition) is 2. The molecule has 0 aliphatic heterocycles. The molecule has 0 saturated carbocycles. The third-order valence-corrected chi connectivity index (χ3v) is 4.36. The van der Waals surface area contributed by atoms with Crippen molar-refractivity contribution in [3.05, 3.63) is 0 Å². The molecule has 0 aliphatic rings. The maximum absolute atomic E-state index is 8.58. The first-order valence-corrected chi connectivity index (χ1v) is 6.05. The SMILES string of the molecule is CCCS(C)(CCC)OO. The zero-order valence-electron chi connectivity index (χ0n) is 7.09. The van der Waals surface area contributed by atoms with Gasteiger partial charge in [-0.1, -0.05) is 13.8 Å². The third kappa shape index (κ3) is 3.44. The first-order valence-electron chi connectivity index (χ1n) is 3.75. The van der Waals surface area contributed by atoms with E-state index in [0.717, 1.165) is 24.3 Å². The van der Waals surface area contributed by atoms with Gasteiger partial charge in [0, 0.05) is 11.5 Å². The van der Waals surface area contributed by atoms with Gasteiger partial charge in [-0.15, -0.1) is 10.3 Å². The van der Waals surface area contributed by atoms with Crippen LogP contribution in [0.25, 0.3) is 0 Å². The molecule has 0 bridgehead atoms. The summed E-state index contributed by atoms with van der Waals surface area (Å²) in [6.45, 7) is 4.22. The van der Waals surface area contributed by atoms with E-state index in [1.807, 2.05) is 6.26 Å². The van der Waals surface area contributed by atoms with Crippen LogP contribution in [-0.4, -0.2) is 23.0 Å². The molecule has 0 atom stereocenters. The Morgan fingerprint density at radius 1 is 1.20 bits per heavy atom. The van der Waals surface area contributed by atoms with Crippen molar-refractivity contribution in [2.75, 3.05) is 17.8 Å². The molecule has 0 aromatic heterocycles. The smallest absolute Gasteiger partial charge is 0.00130 e. The van der Waals surface area contributed by atoms with E-state index in [-0.39, 0.29) is 0 Å². The van der Waals surface area contributed by atoms with E-state index >= 15 is 0 Å². The van der Waals surface area contributed by atoms with E-state index in [0.29, 0.717) is 0 Å². The summed E-state index contributed by atoms with van der Waals surface area (Å²) in [5.41, 5.74) is 0. The fraction of sp³-hybridized carbons (Fsp3) is 1.00. The molecule has 0 heterocycles. The summed E-state index contributed by atoms with van der Waals surface area (Å²) in [5, 5.41) is 8.58. The minimum atomic E-state index is -1.12. The topological polar surface area (TPSA) is 29.5 Å². The van der Waals surface area contributed by atoms with Crippen molar-refractivity contribution in [2.45, 2.75) is 26.7 Å². The van der Waals surface area contributed by atoms with Crippen LogP contribution < -0.4 is 0 Å². The molecular formula is C7H18O2S. The normalized spacial score (nSPS) is 13.6. The van der Waals surface area contributed by atoms with E-state index < -0.39 is 10.3 Å². The number of rotatable bonds is 5. The van der Waals surface area contributed by atoms with Crippen LogP contribution in [0.4, 0.5) is 0 Å². The molecule has 0 unspecified atom stereocenters. The zero-order chi connectivity index (χ0) is 8.04. The van der Waals surface area contributed by atoms with Crippen molar-refractivity contribution in [3.63, 3.8) is 0 Å². The molecule has 0 radical (unpaired) electrons. The van der Waals surface area contributed by atoms with Gasteiger partial charge in [-0.2, -0.15) is 4.33 Å². The minimum absolute atomic E-state index is 1.01. The fourth-order valence-electron chi connectivity index (χ4n) is 1.04. The summed E-state index contributed by atoms with van der Waals surface area (Å²) in [7, 11) is -1.12. The summed E-state index contributed by atoms with van der Waals surface area (Å²) >= 11 is 0. The molecule has 0 spiro atoms. The Labute approximate surface area is 65.0 Å². The quantitative estimate of drug-likeness (QED) is 0.502. The average molecular weight is 166 g/mol. The molecular weight excluding hydrogens is 148 g/mol. The fourth-order valence-corrected chi connectivity index (χ4v) is 3.12. The highest BCUT2D eigenvalue weighted by atomic mass is 32.3. The van der Waals surface area contributed by atoms with Gasteiger partial charge >= 0.3 is 0 Å². The molecule has 3 heteroatoms. The monoisotopic (exact) mass is 166 g/mol. The molecule has 0 amide bonds. The zero-order valence-corrected chi connectivity index (χ0v) is 7.91. The summed E-state index contributed by atoms with van der Waals surface area (Å²) in [4.78, 5) is 0. The second-order valence-electron chi connectivity index (χ2n) is 2.67. The Kier molecular flexibility index (Phi) is 5.13. The third-order valence-electron chi connectivity index (χ3n) is 1.45. The van der Waals surface area contributed by atoms with Crippen LogP contribution in [-0.2, 0) is 4.33 Å². The van der Waals surface area contributed by atoms with Crippen LogP contribution in [0.5, 0.6) is 0 Å². The van der Waals surface area contributed by atoms with Crippen molar-refractivity contribution >= 4 is 10.3 Å². The first-order chi connectivity index (χ1) is 4.68. The lowest BCUT2D eigenvalue weighted by Crippen LogP contribution is -2.08. The molecule has 0 saturated heterocycles. The molecule has 2 nitrogen and oxygen atoms in total. The van der Waals surface area contributed by atoms with Gasteiger partial charge in [-0.25, -0.2) is 5.26 Å². The van der Waals surface area contributed by atoms with Gasteiger partial charge < -0.3 is 0 Å². The predicted molar refractivity (Wildman–Crippen MR) is 47.5 cm³/mol. The lowest BCUT2D eigenvalue weighted by atomic mass is 10.6. The predicted octanol–water partition coefficient (Wildman–Crippen LogP) is 2.65. The van der Waals surface area contributed by atoms with E-state index in [1.165, 1.54) is 0 Å². The van der Waals surface area contributed by atoms with Crippen molar-refractivity contribution in [1.29, 1.82) is 0 Å². The van der Waals surface area contributed by atoms with Crippen molar-refractivity contribution < 1.29 is 9.59 Å². The molecule has 64 valence electrons. The van der Waals surface area contributed by atoms with Crippen LogP contribution in [0, 0.1) is 0 Å². The Bertz CT molecular complexity index is 79.7. The molecule has 0 fully saturated rings. The van der Waals surface area contributed by atoms with Gasteiger partial charge in [0.25, 0.3) is 0 Å². The summed E-state index contributed by atoms with van der Waals surface area (Å²) in [6, 6.07) is 0. The molecule has 0 aromatic rings. The summed E-state index contributed by atoms with van der Waals surface area (Å²) < 4.78 is 4.50. The molecule has 0 aliphatic carbocycles. The Hall–Kier alpha value is 0.270. The maximum atomic E-state index is 8.58. The van der Waals surface area contributed by atoms with E-state index in [4.69, 9.17) is 5.26 Å². The lowest BCUT2D eigenvalue weighted by molar-refractivity contribution is -0.123. The van der Waals surface area contributed by atoms with Crippen LogP contribution in [0.2, 0.25) is 0 Å². The Morgan fingerprint density at radius 2 is 1.60 bits per heavy atom. The molecule has 10 heavy (non-hydrogen) atoms. The van der Waals surface area contributed by atoms with Crippen molar-refractivity contribution in [3.8, 4) is 0 Å². The molecule has 0 aromatic carbocycles. The Balaban J connectivity index is 3.69. The maximum Gasteiger partial charge on any atom is 0.00130 e. The Morgan fingerprint density at radius 3 is 1.80 bits per heavy atom. The van der Waals surface area contributed by atoms with Crippen LogP contribution >= 0.6 is 10.3 Å². The molecule has 1 N–H and O–H groups in total. The average Bonchev–Trinajstić information content (AvgIpc) is 1.89. The number of hydrogen-bond donors (Lipinski definition) is 1. The van der Waals surface area contributed by atoms with Crippen LogP contribution in [0.3, 0.4) is 0 Å². The van der Waals surface area contributed by atoms with Crippen molar-refractivity contribution in [1.82, 2.24) is 0 Å². The summed E-state index contributed by atoms with van der Waals surface area (Å²) in [6.07, 6.45) is 4.21. The van der Waals surface area contributed by atoms with Gasteiger partial charge in [0.05, 0.1) is 0 Å². The second-order valence-corrected chi connectivity index (χ2v) is 6.00. The van der Waals surface area contributed by atoms with Crippen LogP contribution in [0.15, 0.2) is 0 Å². The highest BCUT2D eigenvalue weighted by Crippen LogP contribution is 2.45. The van der Waals surface area contributed by atoms with Gasteiger partial charge in [-0.3, -0.25) is 0 Å². The van der Waals surface area contributed by atoms with Gasteiger partial charge in [0.2, 0.25) is 0 Å². The van der Waals surface area contributed by atoms with E-state index in [9.17, 15) is 0 Å². The lowest BCUT2D eigenvalue weighted by Gasteiger charge is -2.30. The van der Waals surface area contributed by atoms with Gasteiger partial charge in [0.1, 0.15) is 0 Å². The molecule has 0 rings (SSSR count). The minimum Gasteiger partial charge on any atom is -0.241 e. The highest BCUT2D eigenvalue weighted by molar-refractivity contribution is 8.29. The van der Waals surface area contributed by atoms with E-state index in [1.54, 1.807) is 0 Å².